The smallest absolute Gasteiger partial charge is 0.327 e. The molecule has 1 rings (SSSR count). The largest absolute Gasteiger partial charge is 0.480 e. The molecule has 1 amide bonds. The standard InChI is InChI=1S/C11H20N2O3S/c1-6(2)8-13(10(16)11(3,4)12)7(5-17-8)9(14)15/h6-8H,5,12H2,1-4H3,(H,14,15). The molecule has 2 unspecified atom stereocenters. The van der Waals surface area contributed by atoms with Gasteiger partial charge in [0.1, 0.15) is 6.04 Å². The van der Waals surface area contributed by atoms with Crippen molar-refractivity contribution in [1.29, 1.82) is 0 Å². The predicted molar refractivity (Wildman–Crippen MR) is 67.6 cm³/mol. The van der Waals surface area contributed by atoms with E-state index in [4.69, 9.17) is 10.8 Å². The number of nitrogens with two attached hydrogens (primary N) is 1. The normalized spacial score (nSPS) is 25.4. The summed E-state index contributed by atoms with van der Waals surface area (Å²) in [5.74, 6) is -0.623. The van der Waals surface area contributed by atoms with Gasteiger partial charge in [-0.05, 0) is 19.8 Å². The molecule has 0 aromatic heterocycles. The van der Waals surface area contributed by atoms with Gasteiger partial charge in [0.05, 0.1) is 10.9 Å². The van der Waals surface area contributed by atoms with E-state index in [-0.39, 0.29) is 17.2 Å². The van der Waals surface area contributed by atoms with Crippen molar-refractivity contribution in [3.63, 3.8) is 0 Å². The number of thioether (sulfide) groups is 1. The van der Waals surface area contributed by atoms with Crippen molar-refractivity contribution in [3.8, 4) is 0 Å². The molecule has 0 bridgehead atoms. The van der Waals surface area contributed by atoms with Gasteiger partial charge in [-0.3, -0.25) is 4.79 Å². The zero-order chi connectivity index (χ0) is 13.4. The molecular weight excluding hydrogens is 240 g/mol. The van der Waals surface area contributed by atoms with Crippen molar-refractivity contribution in [1.82, 2.24) is 4.90 Å². The lowest BCUT2D eigenvalue weighted by atomic mass is 10.0. The van der Waals surface area contributed by atoms with Gasteiger partial charge in [-0.1, -0.05) is 13.8 Å². The summed E-state index contributed by atoms with van der Waals surface area (Å²) in [7, 11) is 0. The van der Waals surface area contributed by atoms with E-state index in [1.165, 1.54) is 16.7 Å². The quantitative estimate of drug-likeness (QED) is 0.781. The number of aliphatic carboxylic acids is 1. The Balaban J connectivity index is 3.02. The third-order valence-electron chi connectivity index (χ3n) is 2.68. The third-order valence-corrected chi connectivity index (χ3v) is 4.30. The van der Waals surface area contributed by atoms with Crippen LogP contribution in [0.3, 0.4) is 0 Å². The molecule has 17 heavy (non-hydrogen) atoms. The predicted octanol–water partition coefficient (Wildman–Crippen LogP) is 0.734. The molecule has 0 aromatic carbocycles. The highest BCUT2D eigenvalue weighted by Crippen LogP contribution is 2.35. The summed E-state index contributed by atoms with van der Waals surface area (Å²) < 4.78 is 0. The Bertz CT molecular complexity index is 325. The highest BCUT2D eigenvalue weighted by Gasteiger charge is 2.45. The van der Waals surface area contributed by atoms with Gasteiger partial charge in [-0.2, -0.15) is 0 Å². The first-order valence-corrected chi connectivity index (χ1v) is 6.67. The molecule has 98 valence electrons. The number of hydrogen-bond acceptors (Lipinski definition) is 4. The Morgan fingerprint density at radius 1 is 1.47 bits per heavy atom. The van der Waals surface area contributed by atoms with Crippen LogP contribution in [-0.4, -0.2) is 44.6 Å². The van der Waals surface area contributed by atoms with Crippen LogP contribution in [0.25, 0.3) is 0 Å². The molecule has 5 nitrogen and oxygen atoms in total. The minimum atomic E-state index is -1.04. The highest BCUT2D eigenvalue weighted by molar-refractivity contribution is 8.00. The third kappa shape index (κ3) is 2.93. The Kier molecular flexibility index (Phi) is 4.09. The van der Waals surface area contributed by atoms with E-state index in [9.17, 15) is 9.59 Å². The van der Waals surface area contributed by atoms with Crippen molar-refractivity contribution >= 4 is 23.6 Å². The summed E-state index contributed by atoms with van der Waals surface area (Å²) in [4.78, 5) is 24.8. The maximum atomic E-state index is 12.2. The van der Waals surface area contributed by atoms with Gasteiger partial charge in [0.25, 0.3) is 0 Å². The monoisotopic (exact) mass is 260 g/mol. The maximum Gasteiger partial charge on any atom is 0.327 e. The molecular formula is C11H20N2O3S. The van der Waals surface area contributed by atoms with E-state index >= 15 is 0 Å². The Morgan fingerprint density at radius 2 is 2.00 bits per heavy atom. The van der Waals surface area contributed by atoms with Gasteiger partial charge in [-0.25, -0.2) is 4.79 Å². The van der Waals surface area contributed by atoms with Gasteiger partial charge in [0, 0.05) is 5.75 Å². The summed E-state index contributed by atoms with van der Waals surface area (Å²) in [6.45, 7) is 7.17. The topological polar surface area (TPSA) is 83.6 Å². The first kappa shape index (κ1) is 14.3. The molecule has 1 fully saturated rings. The first-order valence-electron chi connectivity index (χ1n) is 5.62. The lowest BCUT2D eigenvalue weighted by Crippen LogP contribution is -2.57. The molecule has 6 heteroatoms. The fourth-order valence-electron chi connectivity index (χ4n) is 1.82. The molecule has 1 saturated heterocycles. The van der Waals surface area contributed by atoms with Crippen molar-refractivity contribution in [3.05, 3.63) is 0 Å². The molecule has 2 atom stereocenters. The number of carboxylic acids is 1. The summed E-state index contributed by atoms with van der Waals surface area (Å²) in [6, 6.07) is -0.761. The minimum absolute atomic E-state index is 0.105. The van der Waals surface area contributed by atoms with Crippen LogP contribution in [0.1, 0.15) is 27.7 Å². The van der Waals surface area contributed by atoms with Gasteiger partial charge in [0.15, 0.2) is 0 Å². The zero-order valence-electron chi connectivity index (χ0n) is 10.6. The highest BCUT2D eigenvalue weighted by atomic mass is 32.2. The molecule has 0 aromatic rings. The van der Waals surface area contributed by atoms with Crippen molar-refractivity contribution in [2.45, 2.75) is 44.6 Å². The number of nitrogens with zero attached hydrogens (tertiary/aromatic N) is 1. The van der Waals surface area contributed by atoms with Crippen LogP contribution in [0.15, 0.2) is 0 Å². The van der Waals surface area contributed by atoms with E-state index in [2.05, 4.69) is 0 Å². The van der Waals surface area contributed by atoms with Crippen LogP contribution in [0.2, 0.25) is 0 Å². The molecule has 1 aliphatic rings. The summed E-state index contributed by atoms with van der Waals surface area (Å²) in [5.41, 5.74) is 4.75. The lowest BCUT2D eigenvalue weighted by Gasteiger charge is -2.34. The fraction of sp³-hybridized carbons (Fsp3) is 0.818. The molecule has 0 saturated carbocycles. The van der Waals surface area contributed by atoms with Crippen molar-refractivity contribution < 1.29 is 14.7 Å². The van der Waals surface area contributed by atoms with Gasteiger partial charge in [-0.15, -0.1) is 11.8 Å². The van der Waals surface area contributed by atoms with E-state index in [1.807, 2.05) is 13.8 Å². The van der Waals surface area contributed by atoms with Gasteiger partial charge < -0.3 is 15.7 Å². The number of carboxylic acid groups (broad SMARTS) is 1. The SMILES string of the molecule is CC(C)C1SCC(C(=O)O)N1C(=O)C(C)(C)N. The van der Waals surface area contributed by atoms with E-state index in [0.717, 1.165) is 0 Å². The van der Waals surface area contributed by atoms with Crippen molar-refractivity contribution in [2.24, 2.45) is 11.7 Å². The molecule has 1 aliphatic heterocycles. The second kappa shape index (κ2) is 4.86. The fourth-order valence-corrected chi connectivity index (χ4v) is 3.29. The second-order valence-electron chi connectivity index (χ2n) is 5.26. The van der Waals surface area contributed by atoms with E-state index < -0.39 is 17.6 Å². The molecule has 0 radical (unpaired) electrons. The average Bonchev–Trinajstić information content (AvgIpc) is 2.58. The van der Waals surface area contributed by atoms with Gasteiger partial charge >= 0.3 is 5.97 Å². The average molecular weight is 260 g/mol. The molecule has 3 N–H and O–H groups in total. The van der Waals surface area contributed by atoms with E-state index in [0.29, 0.717) is 5.75 Å². The molecule has 1 heterocycles. The second-order valence-corrected chi connectivity index (χ2v) is 6.41. The lowest BCUT2D eigenvalue weighted by molar-refractivity contribution is -0.151. The van der Waals surface area contributed by atoms with Crippen LogP contribution in [0, 0.1) is 5.92 Å². The minimum Gasteiger partial charge on any atom is -0.480 e. The number of carbonyl (C=O) groups is 2. The van der Waals surface area contributed by atoms with Crippen LogP contribution < -0.4 is 5.73 Å². The Labute approximate surface area is 106 Å². The maximum absolute atomic E-state index is 12.2. The van der Waals surface area contributed by atoms with E-state index in [1.54, 1.807) is 13.8 Å². The zero-order valence-corrected chi connectivity index (χ0v) is 11.5. The number of rotatable bonds is 3. The van der Waals surface area contributed by atoms with Crippen LogP contribution in [-0.2, 0) is 9.59 Å². The number of amides is 1. The van der Waals surface area contributed by atoms with Crippen LogP contribution >= 0.6 is 11.8 Å². The Morgan fingerprint density at radius 3 is 2.35 bits per heavy atom. The van der Waals surface area contributed by atoms with Gasteiger partial charge in [0.2, 0.25) is 5.91 Å². The molecule has 0 aliphatic carbocycles. The number of carbonyl (C=O) groups excluding carboxylic acids is 1. The van der Waals surface area contributed by atoms with Crippen LogP contribution in [0.5, 0.6) is 0 Å². The summed E-state index contributed by atoms with van der Waals surface area (Å²) in [5, 5.41) is 9.04. The van der Waals surface area contributed by atoms with Crippen molar-refractivity contribution in [2.75, 3.05) is 5.75 Å². The van der Waals surface area contributed by atoms with Crippen LogP contribution in [0.4, 0.5) is 0 Å². The molecule has 0 spiro atoms. The summed E-state index contributed by atoms with van der Waals surface area (Å²) >= 11 is 1.51. The first-order chi connectivity index (χ1) is 7.66. The summed E-state index contributed by atoms with van der Waals surface area (Å²) in [6.07, 6.45) is 0. The number of hydrogen-bond donors (Lipinski definition) is 2. The Hall–Kier alpha value is -0.750.